The smallest absolute Gasteiger partial charge is 0.0695 e. The minimum Gasteiger partial charge on any atom is -0.392 e. The molecule has 1 saturated carbocycles. The molecule has 1 aliphatic heterocycles. The zero-order valence-electron chi connectivity index (χ0n) is 9.12. The van der Waals surface area contributed by atoms with Gasteiger partial charge in [0.15, 0.2) is 0 Å². The summed E-state index contributed by atoms with van der Waals surface area (Å²) in [6.45, 7) is 3.36. The molecule has 0 aromatic heterocycles. The van der Waals surface area contributed by atoms with E-state index >= 15 is 0 Å². The minimum atomic E-state index is -0.0400. The maximum atomic E-state index is 9.97. The molecule has 14 heavy (non-hydrogen) atoms. The third-order valence-corrected chi connectivity index (χ3v) is 3.84. The van der Waals surface area contributed by atoms with Crippen molar-refractivity contribution in [3.8, 4) is 0 Å². The molecule has 2 heteroatoms. The first kappa shape index (κ1) is 10.4. The van der Waals surface area contributed by atoms with Crippen LogP contribution in [0.1, 0.15) is 44.9 Å². The summed E-state index contributed by atoms with van der Waals surface area (Å²) in [4.78, 5) is 2.47. The Hall–Kier alpha value is -0.0800. The van der Waals surface area contributed by atoms with E-state index in [2.05, 4.69) is 4.90 Å². The first-order valence-electron chi connectivity index (χ1n) is 6.26. The van der Waals surface area contributed by atoms with Gasteiger partial charge in [0.05, 0.1) is 6.10 Å². The zero-order chi connectivity index (χ0) is 9.80. The van der Waals surface area contributed by atoms with Crippen LogP contribution in [0.4, 0.5) is 0 Å². The highest BCUT2D eigenvalue weighted by Gasteiger charge is 2.27. The van der Waals surface area contributed by atoms with Gasteiger partial charge in [-0.05, 0) is 44.7 Å². The number of aliphatic hydroxyl groups excluding tert-OH is 1. The van der Waals surface area contributed by atoms with Crippen molar-refractivity contribution in [2.75, 3.05) is 19.6 Å². The Morgan fingerprint density at radius 3 is 2.14 bits per heavy atom. The van der Waals surface area contributed by atoms with E-state index in [1.165, 1.54) is 58.0 Å². The van der Waals surface area contributed by atoms with Crippen molar-refractivity contribution in [3.05, 3.63) is 0 Å². The van der Waals surface area contributed by atoms with Gasteiger partial charge in [-0.25, -0.2) is 0 Å². The molecule has 0 bridgehead atoms. The summed E-state index contributed by atoms with van der Waals surface area (Å²) in [7, 11) is 0. The molecule has 0 aromatic carbocycles. The minimum absolute atomic E-state index is 0.0400. The van der Waals surface area contributed by atoms with Crippen molar-refractivity contribution >= 4 is 0 Å². The molecule has 0 radical (unpaired) electrons. The van der Waals surface area contributed by atoms with Crippen molar-refractivity contribution in [3.63, 3.8) is 0 Å². The van der Waals surface area contributed by atoms with Crippen LogP contribution in [0.5, 0.6) is 0 Å². The normalized spacial score (nSPS) is 28.1. The lowest BCUT2D eigenvalue weighted by molar-refractivity contribution is 0.0311. The van der Waals surface area contributed by atoms with Crippen LogP contribution in [0.2, 0.25) is 0 Å². The predicted octanol–water partition coefficient (Wildman–Crippen LogP) is 2.02. The number of nitrogens with zero attached hydrogens (tertiary/aromatic N) is 1. The second kappa shape index (κ2) is 5.13. The van der Waals surface area contributed by atoms with Crippen LogP contribution in [-0.2, 0) is 0 Å². The first-order chi connectivity index (χ1) is 6.86. The van der Waals surface area contributed by atoms with E-state index in [4.69, 9.17) is 0 Å². The van der Waals surface area contributed by atoms with Crippen molar-refractivity contribution in [2.24, 2.45) is 5.92 Å². The van der Waals surface area contributed by atoms with Crippen LogP contribution in [0.15, 0.2) is 0 Å². The summed E-state index contributed by atoms with van der Waals surface area (Å²) in [6.07, 6.45) is 9.24. The summed E-state index contributed by atoms with van der Waals surface area (Å²) in [5, 5.41) is 9.97. The van der Waals surface area contributed by atoms with E-state index in [9.17, 15) is 5.11 Å². The molecule has 1 N–H and O–H groups in total. The molecule has 0 aromatic rings. The number of rotatable bonds is 3. The van der Waals surface area contributed by atoms with Gasteiger partial charge in [0.25, 0.3) is 0 Å². The second-order valence-electron chi connectivity index (χ2n) is 4.97. The van der Waals surface area contributed by atoms with E-state index in [-0.39, 0.29) is 6.10 Å². The quantitative estimate of drug-likeness (QED) is 0.748. The van der Waals surface area contributed by atoms with Crippen LogP contribution in [0.25, 0.3) is 0 Å². The van der Waals surface area contributed by atoms with Gasteiger partial charge in [-0.15, -0.1) is 0 Å². The average Bonchev–Trinajstić information content (AvgIpc) is 2.29. The van der Waals surface area contributed by atoms with Crippen LogP contribution < -0.4 is 0 Å². The lowest BCUT2D eigenvalue weighted by Crippen LogP contribution is -2.39. The monoisotopic (exact) mass is 197 g/mol. The third-order valence-electron chi connectivity index (χ3n) is 3.84. The molecule has 1 unspecified atom stereocenters. The Labute approximate surface area is 87.3 Å². The third kappa shape index (κ3) is 2.71. The van der Waals surface area contributed by atoms with Crippen molar-refractivity contribution in [2.45, 2.75) is 51.0 Å². The van der Waals surface area contributed by atoms with E-state index in [1.807, 2.05) is 0 Å². The maximum Gasteiger partial charge on any atom is 0.0695 e. The summed E-state index contributed by atoms with van der Waals surface area (Å²) in [5.41, 5.74) is 0. The van der Waals surface area contributed by atoms with Gasteiger partial charge in [-0.3, -0.25) is 0 Å². The SMILES string of the molecule is OC(CN1CCCCCC1)C1CCC1. The Balaban J connectivity index is 1.71. The molecule has 2 nitrogen and oxygen atoms in total. The van der Waals surface area contributed by atoms with Crippen molar-refractivity contribution in [1.82, 2.24) is 4.90 Å². The fourth-order valence-corrected chi connectivity index (χ4v) is 2.56. The molecule has 1 atom stereocenters. The molecule has 0 spiro atoms. The highest BCUT2D eigenvalue weighted by molar-refractivity contribution is 4.79. The van der Waals surface area contributed by atoms with Crippen LogP contribution in [0.3, 0.4) is 0 Å². The molecule has 2 rings (SSSR count). The van der Waals surface area contributed by atoms with Gasteiger partial charge < -0.3 is 10.0 Å². The number of aliphatic hydroxyl groups is 1. The van der Waals surface area contributed by atoms with Crippen LogP contribution >= 0.6 is 0 Å². The summed E-state index contributed by atoms with van der Waals surface area (Å²) >= 11 is 0. The molecule has 1 aliphatic carbocycles. The average molecular weight is 197 g/mol. The standard InChI is InChI=1S/C12H23NO/c14-12(11-6-5-7-11)10-13-8-3-1-2-4-9-13/h11-12,14H,1-10H2. The maximum absolute atomic E-state index is 9.97. The molecular formula is C12H23NO. The van der Waals surface area contributed by atoms with Crippen LogP contribution in [0, 0.1) is 5.92 Å². The highest BCUT2D eigenvalue weighted by Crippen LogP contribution is 2.30. The summed E-state index contributed by atoms with van der Waals surface area (Å²) < 4.78 is 0. The van der Waals surface area contributed by atoms with Crippen molar-refractivity contribution in [1.29, 1.82) is 0 Å². The van der Waals surface area contributed by atoms with E-state index in [1.54, 1.807) is 0 Å². The number of hydrogen-bond donors (Lipinski definition) is 1. The summed E-state index contributed by atoms with van der Waals surface area (Å²) in [6, 6.07) is 0. The predicted molar refractivity (Wildman–Crippen MR) is 58.3 cm³/mol. The van der Waals surface area contributed by atoms with Gasteiger partial charge >= 0.3 is 0 Å². The van der Waals surface area contributed by atoms with Gasteiger partial charge in [0.2, 0.25) is 0 Å². The molecule has 1 heterocycles. The number of hydrogen-bond acceptors (Lipinski definition) is 2. The van der Waals surface area contributed by atoms with Gasteiger partial charge in [-0.1, -0.05) is 19.3 Å². The lowest BCUT2D eigenvalue weighted by atomic mass is 9.81. The molecular weight excluding hydrogens is 174 g/mol. The molecule has 1 saturated heterocycles. The topological polar surface area (TPSA) is 23.5 Å². The van der Waals surface area contributed by atoms with E-state index < -0.39 is 0 Å². The molecule has 0 amide bonds. The van der Waals surface area contributed by atoms with E-state index in [0.717, 1.165) is 6.54 Å². The Morgan fingerprint density at radius 1 is 1.00 bits per heavy atom. The van der Waals surface area contributed by atoms with Crippen molar-refractivity contribution < 1.29 is 5.11 Å². The zero-order valence-corrected chi connectivity index (χ0v) is 9.12. The molecule has 2 aliphatic rings. The van der Waals surface area contributed by atoms with E-state index in [0.29, 0.717) is 5.92 Å². The molecule has 82 valence electrons. The van der Waals surface area contributed by atoms with Gasteiger partial charge in [0, 0.05) is 6.54 Å². The van der Waals surface area contributed by atoms with Gasteiger partial charge in [0.1, 0.15) is 0 Å². The number of β-amino-alcohol motifs (C(OH)–C–C–N with tert-alkyl or cyclic N) is 1. The first-order valence-corrected chi connectivity index (χ1v) is 6.26. The summed E-state index contributed by atoms with van der Waals surface area (Å²) in [5.74, 6) is 0.623. The van der Waals surface area contributed by atoms with Gasteiger partial charge in [-0.2, -0.15) is 0 Å². The number of likely N-dealkylation sites (tertiary alicyclic amines) is 1. The fraction of sp³-hybridized carbons (Fsp3) is 1.00. The second-order valence-corrected chi connectivity index (χ2v) is 4.97. The van der Waals surface area contributed by atoms with Crippen LogP contribution in [-0.4, -0.2) is 35.7 Å². The molecule has 2 fully saturated rings. The highest BCUT2D eigenvalue weighted by atomic mass is 16.3. The largest absolute Gasteiger partial charge is 0.392 e. The Bertz CT molecular complexity index is 160. The Morgan fingerprint density at radius 2 is 1.64 bits per heavy atom. The Kier molecular flexibility index (Phi) is 3.82. The lowest BCUT2D eigenvalue weighted by Gasteiger charge is -2.33. The fourth-order valence-electron chi connectivity index (χ4n) is 2.56.